The Morgan fingerprint density at radius 3 is 2.74 bits per heavy atom. The number of carboxylic acids is 1. The molecular formula is C25H33N11O7S3. The molecule has 4 heterocycles. The molecule has 1 aliphatic carbocycles. The molecule has 5 rings (SSSR count). The number of fused-ring (bicyclic) bond motifs is 1. The maximum absolute atomic E-state index is 13.4. The Kier molecular flexibility index (Phi) is 11.1. The number of aliphatic carboxylic acids is 1. The number of carboxylic acid groups (broad SMARTS) is 1. The quantitative estimate of drug-likeness (QED) is 0.0665. The van der Waals surface area contributed by atoms with Crippen LogP contribution in [0, 0.1) is 0 Å². The normalized spacial score (nSPS) is 21.0. The number of rotatable bonds is 14. The SMILES string of the molecule is CC(ON=C(C(=O)NC1C(=O)N2C(C(=O)O)=C(CSc3nnnn3CCCN)CS[C@H]12)c1nsc(N)n1)C(=O)OC1CCCCC1. The highest BCUT2D eigenvalue weighted by Gasteiger charge is 2.54. The van der Waals surface area contributed by atoms with E-state index in [0.29, 0.717) is 30.2 Å². The lowest BCUT2D eigenvalue weighted by molar-refractivity contribution is -0.163. The minimum absolute atomic E-state index is 0.0593. The van der Waals surface area contributed by atoms with Gasteiger partial charge in [-0.15, -0.1) is 16.9 Å². The number of aryl methyl sites for hydroxylation is 1. The summed E-state index contributed by atoms with van der Waals surface area (Å²) in [7, 11) is 0. The van der Waals surface area contributed by atoms with Crippen molar-refractivity contribution < 1.29 is 33.9 Å². The van der Waals surface area contributed by atoms with Gasteiger partial charge in [0.1, 0.15) is 23.2 Å². The van der Waals surface area contributed by atoms with Crippen molar-refractivity contribution in [3.8, 4) is 0 Å². The van der Waals surface area contributed by atoms with Gasteiger partial charge in [0.25, 0.3) is 11.8 Å². The molecule has 21 heteroatoms. The van der Waals surface area contributed by atoms with E-state index in [0.717, 1.165) is 48.5 Å². The second-order valence-corrected chi connectivity index (χ2v) is 13.4. The number of hydrogen-bond donors (Lipinski definition) is 4. The molecular weight excluding hydrogens is 663 g/mol. The zero-order chi connectivity index (χ0) is 32.8. The molecule has 2 aliphatic heterocycles. The summed E-state index contributed by atoms with van der Waals surface area (Å²) in [5.74, 6) is -3.02. The third kappa shape index (κ3) is 7.58. The number of thioether (sulfide) groups is 2. The van der Waals surface area contributed by atoms with Crippen molar-refractivity contribution in [2.75, 3.05) is 23.8 Å². The van der Waals surface area contributed by atoms with Crippen LogP contribution in [0.5, 0.6) is 0 Å². The van der Waals surface area contributed by atoms with Crippen LogP contribution in [-0.2, 0) is 35.3 Å². The van der Waals surface area contributed by atoms with Crippen molar-refractivity contribution in [2.24, 2.45) is 10.9 Å². The standard InChI is InChI=1S/C25H33N11O7S3/c1-12(23(41)42-14-6-3-2-4-7-14)43-31-15(18-29-24(27)46-32-18)19(37)28-16-20(38)36-17(22(39)40)13(10-44-21(16)36)11-45-25-30-33-34-35(25)9-5-8-26/h12,14,16,21H,2-11,26H2,1H3,(H,28,37)(H,39,40)(H2,27,29,32)/t12?,16?,21-/m1/s1. The van der Waals surface area contributed by atoms with Gasteiger partial charge in [0.15, 0.2) is 5.13 Å². The zero-order valence-corrected chi connectivity index (χ0v) is 27.2. The molecule has 6 N–H and O–H groups in total. The summed E-state index contributed by atoms with van der Waals surface area (Å²) in [5, 5.41) is 28.0. The predicted molar refractivity (Wildman–Crippen MR) is 166 cm³/mol. The second-order valence-electron chi connectivity index (χ2n) is 10.6. The van der Waals surface area contributed by atoms with E-state index in [4.69, 9.17) is 21.0 Å². The molecule has 0 bridgehead atoms. The summed E-state index contributed by atoms with van der Waals surface area (Å²) >= 11 is 3.37. The van der Waals surface area contributed by atoms with Gasteiger partial charge in [-0.25, -0.2) is 14.3 Å². The number of hydrogen-bond acceptors (Lipinski definition) is 17. The Morgan fingerprint density at radius 1 is 1.26 bits per heavy atom. The molecule has 0 aromatic carbocycles. The molecule has 2 aromatic heterocycles. The van der Waals surface area contributed by atoms with E-state index in [2.05, 4.69) is 35.4 Å². The van der Waals surface area contributed by atoms with Crippen molar-refractivity contribution in [3.05, 3.63) is 17.1 Å². The average molecular weight is 696 g/mol. The van der Waals surface area contributed by atoms with Gasteiger partial charge in [-0.3, -0.25) is 14.5 Å². The molecule has 2 aromatic rings. The van der Waals surface area contributed by atoms with E-state index in [1.54, 1.807) is 4.68 Å². The number of aromatic nitrogens is 6. The first-order chi connectivity index (χ1) is 22.2. The van der Waals surface area contributed by atoms with Gasteiger partial charge in [-0.2, -0.15) is 9.36 Å². The van der Waals surface area contributed by atoms with Gasteiger partial charge in [0.2, 0.25) is 22.8 Å². The van der Waals surface area contributed by atoms with Gasteiger partial charge in [0, 0.05) is 29.6 Å². The van der Waals surface area contributed by atoms with Gasteiger partial charge in [-0.05, 0) is 61.6 Å². The summed E-state index contributed by atoms with van der Waals surface area (Å²) in [6, 6.07) is -1.07. The number of carbonyl (C=O) groups is 4. The van der Waals surface area contributed by atoms with Crippen molar-refractivity contribution in [1.82, 2.24) is 39.8 Å². The van der Waals surface area contributed by atoms with E-state index in [9.17, 15) is 24.3 Å². The Balaban J connectivity index is 1.25. The van der Waals surface area contributed by atoms with Crippen LogP contribution < -0.4 is 16.8 Å². The monoisotopic (exact) mass is 695 g/mol. The number of esters is 1. The van der Waals surface area contributed by atoms with Crippen molar-refractivity contribution >= 4 is 69.7 Å². The number of oxime groups is 1. The fraction of sp³-hybridized carbons (Fsp3) is 0.600. The van der Waals surface area contributed by atoms with Crippen LogP contribution in [0.25, 0.3) is 0 Å². The van der Waals surface area contributed by atoms with Gasteiger partial charge in [0.05, 0.1) is 0 Å². The van der Waals surface area contributed by atoms with Crippen LogP contribution in [0.4, 0.5) is 5.13 Å². The fourth-order valence-corrected chi connectivity index (χ4v) is 7.79. The van der Waals surface area contributed by atoms with E-state index in [1.807, 2.05) is 0 Å². The molecule has 18 nitrogen and oxygen atoms in total. The second kappa shape index (κ2) is 15.2. The third-order valence-electron chi connectivity index (χ3n) is 7.32. The lowest BCUT2D eigenvalue weighted by atomic mass is 9.98. The maximum atomic E-state index is 13.4. The summed E-state index contributed by atoms with van der Waals surface area (Å²) in [5.41, 5.74) is 11.2. The van der Waals surface area contributed by atoms with Crippen LogP contribution in [0.1, 0.15) is 51.3 Å². The number of β-lactam (4-membered cyclic amide) rings is 1. The lowest BCUT2D eigenvalue weighted by Crippen LogP contribution is -2.71. The van der Waals surface area contributed by atoms with Gasteiger partial charge in [-0.1, -0.05) is 23.3 Å². The maximum Gasteiger partial charge on any atom is 0.352 e. The van der Waals surface area contributed by atoms with Crippen LogP contribution in [0.2, 0.25) is 0 Å². The predicted octanol–water partition coefficient (Wildman–Crippen LogP) is -0.0284. The fourth-order valence-electron chi connectivity index (χ4n) is 4.97. The number of carbonyl (C=O) groups excluding carboxylic acids is 3. The zero-order valence-electron chi connectivity index (χ0n) is 24.7. The van der Waals surface area contributed by atoms with Crippen LogP contribution in [0.3, 0.4) is 0 Å². The van der Waals surface area contributed by atoms with E-state index in [1.165, 1.54) is 30.4 Å². The van der Waals surface area contributed by atoms with Crippen LogP contribution in [-0.4, -0.2) is 111 Å². The molecule has 2 fully saturated rings. The van der Waals surface area contributed by atoms with E-state index in [-0.39, 0.29) is 34.3 Å². The Morgan fingerprint density at radius 2 is 2.04 bits per heavy atom. The highest BCUT2D eigenvalue weighted by Crippen LogP contribution is 2.41. The van der Waals surface area contributed by atoms with Gasteiger partial charge < -0.3 is 31.5 Å². The Bertz CT molecular complexity index is 1520. The topological polar surface area (TPSA) is 256 Å². The lowest BCUT2D eigenvalue weighted by Gasteiger charge is -2.49. The number of amides is 2. The molecule has 46 heavy (non-hydrogen) atoms. The summed E-state index contributed by atoms with van der Waals surface area (Å²) < 4.78 is 11.1. The Labute approximate surface area is 275 Å². The number of nitrogens with one attached hydrogen (secondary N) is 1. The first-order valence-corrected chi connectivity index (χ1v) is 17.3. The van der Waals surface area contributed by atoms with Crippen LogP contribution >= 0.6 is 35.1 Å². The van der Waals surface area contributed by atoms with Gasteiger partial charge >= 0.3 is 11.9 Å². The number of ether oxygens (including phenoxy) is 1. The number of tetrazole rings is 1. The molecule has 1 saturated heterocycles. The van der Waals surface area contributed by atoms with Crippen molar-refractivity contribution in [1.29, 1.82) is 0 Å². The highest BCUT2D eigenvalue weighted by molar-refractivity contribution is 8.01. The largest absolute Gasteiger partial charge is 0.477 e. The number of nitrogens with zero attached hydrogens (tertiary/aromatic N) is 8. The minimum atomic E-state index is -1.27. The smallest absolute Gasteiger partial charge is 0.352 e. The third-order valence-corrected chi connectivity index (χ3v) is 10.2. The molecule has 3 aliphatic rings. The van der Waals surface area contributed by atoms with E-state index >= 15 is 0 Å². The Hall–Kier alpha value is -3.82. The molecule has 1 saturated carbocycles. The van der Waals surface area contributed by atoms with Crippen LogP contribution in [0.15, 0.2) is 21.6 Å². The van der Waals surface area contributed by atoms with Crippen molar-refractivity contribution in [2.45, 2.75) is 80.8 Å². The average Bonchev–Trinajstić information content (AvgIpc) is 3.69. The number of nitrogens with two attached hydrogens (primary N) is 2. The molecule has 2 unspecified atom stereocenters. The summed E-state index contributed by atoms with van der Waals surface area (Å²) in [4.78, 5) is 62.0. The summed E-state index contributed by atoms with van der Waals surface area (Å²) in [6.07, 6.45) is 3.94. The summed E-state index contributed by atoms with van der Waals surface area (Å²) in [6.45, 7) is 2.42. The first-order valence-electron chi connectivity index (χ1n) is 14.5. The molecule has 0 spiro atoms. The molecule has 3 atom stereocenters. The first kappa shape index (κ1) is 33.5. The minimum Gasteiger partial charge on any atom is -0.477 e. The molecule has 2 amide bonds. The van der Waals surface area contributed by atoms with Crippen molar-refractivity contribution in [3.63, 3.8) is 0 Å². The van der Waals surface area contributed by atoms with E-state index < -0.39 is 47.0 Å². The molecule has 0 radical (unpaired) electrons. The number of nitrogen functional groups attached to an aromatic ring is 1. The molecule has 248 valence electrons. The number of anilines is 1. The highest BCUT2D eigenvalue weighted by atomic mass is 32.2.